The van der Waals surface area contributed by atoms with Crippen molar-refractivity contribution in [2.24, 2.45) is 5.92 Å². The Hall–Kier alpha value is -3.46. The highest BCUT2D eigenvalue weighted by Gasteiger charge is 2.27. The molecule has 0 radical (unpaired) electrons. The largest absolute Gasteiger partial charge is 0.454 e. The lowest BCUT2D eigenvalue weighted by atomic mass is 10.0. The maximum absolute atomic E-state index is 12.4. The van der Waals surface area contributed by atoms with E-state index < -0.39 is 35.4 Å². The van der Waals surface area contributed by atoms with E-state index in [-0.39, 0.29) is 22.3 Å². The van der Waals surface area contributed by atoms with Crippen molar-refractivity contribution in [3.8, 4) is 0 Å². The number of hydrogen-bond acceptors (Lipinski definition) is 6. The Kier molecular flexibility index (Phi) is 8.09. The van der Waals surface area contributed by atoms with E-state index in [0.717, 1.165) is 11.6 Å². The van der Waals surface area contributed by atoms with Crippen LogP contribution in [0, 0.1) is 23.0 Å². The highest BCUT2D eigenvalue weighted by atomic mass is 35.5. The summed E-state index contributed by atoms with van der Waals surface area (Å²) in [6.45, 7) is 4.73. The molecule has 2 amide bonds. The van der Waals surface area contributed by atoms with Crippen molar-refractivity contribution in [1.29, 1.82) is 0 Å². The molecular formula is C21H22ClN3O6. The SMILES string of the molecule is Cc1ccc(C(=O)N[C@H](C(=O)OCC(=O)Nc2ccc(Cl)c([N+](=O)[O-])c2)C(C)C)cc1. The fourth-order valence-electron chi connectivity index (χ4n) is 2.58. The van der Waals surface area contributed by atoms with Crippen molar-refractivity contribution in [1.82, 2.24) is 5.32 Å². The van der Waals surface area contributed by atoms with E-state index in [1.54, 1.807) is 38.1 Å². The molecule has 2 rings (SSSR count). The topological polar surface area (TPSA) is 128 Å². The first-order chi connectivity index (χ1) is 14.6. The zero-order valence-corrected chi connectivity index (χ0v) is 17.9. The first-order valence-corrected chi connectivity index (χ1v) is 9.74. The highest BCUT2D eigenvalue weighted by molar-refractivity contribution is 6.32. The van der Waals surface area contributed by atoms with Crippen LogP contribution in [0.1, 0.15) is 29.8 Å². The van der Waals surface area contributed by atoms with Crippen molar-refractivity contribution in [3.63, 3.8) is 0 Å². The average molecular weight is 448 g/mol. The van der Waals surface area contributed by atoms with Crippen LogP contribution in [0.2, 0.25) is 5.02 Å². The number of rotatable bonds is 8. The molecule has 2 aromatic rings. The van der Waals surface area contributed by atoms with Crippen molar-refractivity contribution in [2.45, 2.75) is 26.8 Å². The number of nitrogens with zero attached hydrogens (tertiary/aromatic N) is 1. The molecule has 0 fully saturated rings. The Bertz CT molecular complexity index is 991. The van der Waals surface area contributed by atoms with Gasteiger partial charge in [-0.2, -0.15) is 0 Å². The van der Waals surface area contributed by atoms with Gasteiger partial charge in [0.2, 0.25) is 0 Å². The molecular weight excluding hydrogens is 426 g/mol. The van der Waals surface area contributed by atoms with Gasteiger partial charge in [0.1, 0.15) is 11.1 Å². The van der Waals surface area contributed by atoms with Gasteiger partial charge in [-0.1, -0.05) is 43.1 Å². The maximum Gasteiger partial charge on any atom is 0.329 e. The number of esters is 1. The van der Waals surface area contributed by atoms with Gasteiger partial charge in [-0.15, -0.1) is 0 Å². The molecule has 9 nitrogen and oxygen atoms in total. The summed E-state index contributed by atoms with van der Waals surface area (Å²) in [4.78, 5) is 47.2. The molecule has 0 saturated carbocycles. The van der Waals surface area contributed by atoms with Crippen LogP contribution in [0.3, 0.4) is 0 Å². The third-order valence-corrected chi connectivity index (χ3v) is 4.61. The van der Waals surface area contributed by atoms with Crippen molar-refractivity contribution in [3.05, 3.63) is 68.7 Å². The second kappa shape index (κ2) is 10.5. The van der Waals surface area contributed by atoms with Gasteiger partial charge < -0.3 is 15.4 Å². The summed E-state index contributed by atoms with van der Waals surface area (Å²) in [5.41, 5.74) is 1.15. The third kappa shape index (κ3) is 6.78. The van der Waals surface area contributed by atoms with Gasteiger partial charge in [0.15, 0.2) is 6.61 Å². The van der Waals surface area contributed by atoms with Gasteiger partial charge in [-0.25, -0.2) is 4.79 Å². The van der Waals surface area contributed by atoms with Crippen LogP contribution in [-0.4, -0.2) is 35.4 Å². The Labute approximate surface area is 183 Å². The zero-order valence-electron chi connectivity index (χ0n) is 17.2. The van der Waals surface area contributed by atoms with Gasteiger partial charge in [-0.05, 0) is 37.1 Å². The van der Waals surface area contributed by atoms with Crippen molar-refractivity contribution < 1.29 is 24.0 Å². The summed E-state index contributed by atoms with van der Waals surface area (Å²) in [6.07, 6.45) is 0. The summed E-state index contributed by atoms with van der Waals surface area (Å²) < 4.78 is 5.03. The fourth-order valence-corrected chi connectivity index (χ4v) is 2.77. The quantitative estimate of drug-likeness (QED) is 0.362. The summed E-state index contributed by atoms with van der Waals surface area (Å²) in [5.74, 6) is -2.19. The second-order valence-electron chi connectivity index (χ2n) is 7.14. The number of anilines is 1. The number of amides is 2. The fraction of sp³-hybridized carbons (Fsp3) is 0.286. The number of carbonyl (C=O) groups excluding carboxylic acids is 3. The second-order valence-corrected chi connectivity index (χ2v) is 7.55. The first-order valence-electron chi connectivity index (χ1n) is 9.36. The van der Waals surface area contributed by atoms with Crippen molar-refractivity contribution in [2.75, 3.05) is 11.9 Å². The first kappa shape index (κ1) is 23.8. The number of ether oxygens (including phenoxy) is 1. The molecule has 0 saturated heterocycles. The van der Waals surface area contributed by atoms with Crippen molar-refractivity contribution >= 4 is 40.8 Å². The molecule has 31 heavy (non-hydrogen) atoms. The number of benzene rings is 2. The molecule has 0 spiro atoms. The Morgan fingerprint density at radius 2 is 1.77 bits per heavy atom. The predicted molar refractivity (Wildman–Crippen MR) is 115 cm³/mol. The van der Waals surface area contributed by atoms with Crippen LogP contribution in [0.25, 0.3) is 0 Å². The number of aryl methyl sites for hydroxylation is 1. The standard InChI is InChI=1S/C21H22ClN3O6/c1-12(2)19(24-20(27)14-6-4-13(3)5-7-14)21(28)31-11-18(26)23-15-8-9-16(22)17(10-15)25(29)30/h4-10,12,19H,11H2,1-3H3,(H,23,26)(H,24,27)/t19-/m0/s1. The molecule has 0 aliphatic carbocycles. The van der Waals surface area contributed by atoms with Crippen LogP contribution in [0.15, 0.2) is 42.5 Å². The summed E-state index contributed by atoms with van der Waals surface area (Å²) in [5, 5.41) is 15.9. The Morgan fingerprint density at radius 1 is 1.13 bits per heavy atom. The molecule has 164 valence electrons. The van der Waals surface area contributed by atoms with Gasteiger partial charge in [-0.3, -0.25) is 19.7 Å². The minimum Gasteiger partial charge on any atom is -0.454 e. The van der Waals surface area contributed by atoms with Crippen LogP contribution in [0.4, 0.5) is 11.4 Å². The number of halogens is 1. The molecule has 10 heteroatoms. The maximum atomic E-state index is 12.4. The monoisotopic (exact) mass is 447 g/mol. The number of nitro groups is 1. The average Bonchev–Trinajstić information content (AvgIpc) is 2.71. The third-order valence-electron chi connectivity index (χ3n) is 4.29. The number of hydrogen-bond donors (Lipinski definition) is 2. The lowest BCUT2D eigenvalue weighted by Crippen LogP contribution is -2.45. The number of nitrogens with one attached hydrogen (secondary N) is 2. The summed E-state index contributed by atoms with van der Waals surface area (Å²) >= 11 is 5.73. The zero-order chi connectivity index (χ0) is 23.1. The molecule has 0 aliphatic heterocycles. The minimum absolute atomic E-state index is 0.0708. The molecule has 1 atom stereocenters. The van der Waals surface area contributed by atoms with Crippen LogP contribution in [0.5, 0.6) is 0 Å². The molecule has 0 unspecified atom stereocenters. The van der Waals surface area contributed by atoms with Gasteiger partial charge in [0.25, 0.3) is 17.5 Å². The van der Waals surface area contributed by atoms with Crippen LogP contribution in [-0.2, 0) is 14.3 Å². The lowest BCUT2D eigenvalue weighted by Gasteiger charge is -2.20. The smallest absolute Gasteiger partial charge is 0.329 e. The number of nitro benzene ring substituents is 1. The van der Waals surface area contributed by atoms with E-state index in [1.165, 1.54) is 12.1 Å². The molecule has 0 bridgehead atoms. The summed E-state index contributed by atoms with van der Waals surface area (Å²) in [6, 6.07) is 9.65. The predicted octanol–water partition coefficient (Wildman–Crippen LogP) is 3.49. The van der Waals surface area contributed by atoms with E-state index in [0.29, 0.717) is 5.56 Å². The molecule has 0 heterocycles. The van der Waals surface area contributed by atoms with E-state index in [9.17, 15) is 24.5 Å². The van der Waals surface area contributed by atoms with Crippen LogP contribution >= 0.6 is 11.6 Å². The normalized spacial score (nSPS) is 11.5. The Morgan fingerprint density at radius 3 is 2.35 bits per heavy atom. The highest BCUT2D eigenvalue weighted by Crippen LogP contribution is 2.27. The summed E-state index contributed by atoms with van der Waals surface area (Å²) in [7, 11) is 0. The van der Waals surface area contributed by atoms with Gasteiger partial charge >= 0.3 is 5.97 Å². The van der Waals surface area contributed by atoms with Crippen LogP contribution < -0.4 is 10.6 Å². The van der Waals surface area contributed by atoms with Gasteiger partial charge in [0, 0.05) is 17.3 Å². The molecule has 0 aliphatic rings. The molecule has 2 aromatic carbocycles. The number of carbonyl (C=O) groups is 3. The van der Waals surface area contributed by atoms with E-state index in [2.05, 4.69) is 10.6 Å². The van der Waals surface area contributed by atoms with E-state index in [1.807, 2.05) is 6.92 Å². The minimum atomic E-state index is -0.960. The van der Waals surface area contributed by atoms with E-state index >= 15 is 0 Å². The lowest BCUT2D eigenvalue weighted by molar-refractivity contribution is -0.384. The Balaban J connectivity index is 1.96. The van der Waals surface area contributed by atoms with E-state index in [4.69, 9.17) is 16.3 Å². The molecule has 2 N–H and O–H groups in total. The molecule has 0 aromatic heterocycles. The van der Waals surface area contributed by atoms with Gasteiger partial charge in [0.05, 0.1) is 4.92 Å².